The second-order valence-corrected chi connectivity index (χ2v) is 7.55. The van der Waals surface area contributed by atoms with Gasteiger partial charge in [-0.15, -0.1) is 0 Å². The molecule has 4 N–H and O–H groups in total. The number of amides is 1. The van der Waals surface area contributed by atoms with E-state index in [4.69, 9.17) is 5.73 Å². The molecule has 1 aromatic rings. The summed E-state index contributed by atoms with van der Waals surface area (Å²) in [5, 5.41) is 21.0. The fraction of sp³-hybridized carbons (Fsp3) is 0.421. The van der Waals surface area contributed by atoms with Crippen molar-refractivity contribution in [3.63, 3.8) is 0 Å². The van der Waals surface area contributed by atoms with Gasteiger partial charge in [0.15, 0.2) is 34.7 Å². The van der Waals surface area contributed by atoms with Crippen molar-refractivity contribution in [2.45, 2.75) is 24.9 Å². The molecule has 0 aromatic heterocycles. The van der Waals surface area contributed by atoms with E-state index >= 15 is 0 Å². The number of phenolic OH excluding ortho intramolecular Hbond substituents is 1. The number of primary amides is 1. The summed E-state index contributed by atoms with van der Waals surface area (Å²) in [6, 6.07) is 4.60. The molecule has 1 amide bonds. The predicted octanol–water partition coefficient (Wildman–Crippen LogP) is -0.673. The summed E-state index contributed by atoms with van der Waals surface area (Å²) >= 11 is 0. The highest BCUT2D eigenvalue weighted by Gasteiger charge is 2.65. The lowest BCUT2D eigenvalue weighted by molar-refractivity contribution is -0.175. The van der Waals surface area contributed by atoms with Crippen LogP contribution >= 0.6 is 0 Å². The van der Waals surface area contributed by atoms with Crippen molar-refractivity contribution in [1.29, 1.82) is 0 Å². The first-order chi connectivity index (χ1) is 12.7. The van der Waals surface area contributed by atoms with Gasteiger partial charge in [-0.25, -0.2) is 0 Å². The first-order valence-corrected chi connectivity index (χ1v) is 8.66. The van der Waals surface area contributed by atoms with Crippen LogP contribution < -0.4 is 5.73 Å². The van der Waals surface area contributed by atoms with Gasteiger partial charge in [0.05, 0.1) is 11.5 Å². The number of ketones is 4. The van der Waals surface area contributed by atoms with E-state index in [0.29, 0.717) is 12.0 Å². The molecule has 0 radical (unpaired) electrons. The quantitative estimate of drug-likeness (QED) is 0.553. The van der Waals surface area contributed by atoms with E-state index in [0.717, 1.165) is 0 Å². The van der Waals surface area contributed by atoms with Crippen LogP contribution in [-0.4, -0.2) is 44.9 Å². The van der Waals surface area contributed by atoms with Gasteiger partial charge in [0.1, 0.15) is 5.75 Å². The largest absolute Gasteiger partial charge is 0.507 e. The summed E-state index contributed by atoms with van der Waals surface area (Å²) in [6.07, 6.45) is 0.0860. The van der Waals surface area contributed by atoms with Gasteiger partial charge >= 0.3 is 0 Å². The molecular weight excluding hydrogens is 354 g/mol. The molecule has 3 unspecified atom stereocenters. The first kappa shape index (κ1) is 17.5. The standard InChI is InChI=1S/C19H17NO7/c20-18(26)14-11(22)6-9-5-8-4-7-2-1-3-10(21)12(7)15(23)13(8)16(24)19(9,27)17(14)25/h1-3,8-9,13-14,21,27H,4-6H2,(H2,20,26)/t8?,9-,13?,14?,19-/m0/s1. The number of nitrogens with two attached hydrogens (primary N) is 1. The monoisotopic (exact) mass is 371 g/mol. The van der Waals surface area contributed by atoms with Gasteiger partial charge in [-0.2, -0.15) is 0 Å². The normalized spacial score (nSPS) is 35.3. The molecule has 1 aromatic carbocycles. The Morgan fingerprint density at radius 3 is 2.48 bits per heavy atom. The number of rotatable bonds is 1. The minimum Gasteiger partial charge on any atom is -0.507 e. The fourth-order valence-corrected chi connectivity index (χ4v) is 4.91. The van der Waals surface area contributed by atoms with Crippen molar-refractivity contribution in [3.05, 3.63) is 29.3 Å². The van der Waals surface area contributed by atoms with Crippen LogP contribution in [0.2, 0.25) is 0 Å². The number of phenols is 1. The number of benzene rings is 1. The lowest BCUT2D eigenvalue weighted by atomic mass is 9.54. The molecule has 3 aliphatic carbocycles. The average Bonchev–Trinajstić information content (AvgIpc) is 2.57. The average molecular weight is 371 g/mol. The Balaban J connectivity index is 1.81. The van der Waals surface area contributed by atoms with Gasteiger partial charge in [-0.1, -0.05) is 12.1 Å². The Kier molecular flexibility index (Phi) is 3.61. The Labute approximate surface area is 153 Å². The smallest absolute Gasteiger partial charge is 0.235 e. The highest BCUT2D eigenvalue weighted by Crippen LogP contribution is 2.49. The Morgan fingerprint density at radius 1 is 1.11 bits per heavy atom. The van der Waals surface area contributed by atoms with E-state index in [1.807, 2.05) is 0 Å². The van der Waals surface area contributed by atoms with E-state index in [-0.39, 0.29) is 24.2 Å². The van der Waals surface area contributed by atoms with Crippen molar-refractivity contribution >= 4 is 29.0 Å². The van der Waals surface area contributed by atoms with E-state index in [9.17, 15) is 34.2 Å². The van der Waals surface area contributed by atoms with E-state index < -0.39 is 58.3 Å². The Morgan fingerprint density at radius 2 is 1.81 bits per heavy atom. The maximum atomic E-state index is 13.1. The van der Waals surface area contributed by atoms with Crippen LogP contribution in [0.15, 0.2) is 18.2 Å². The summed E-state index contributed by atoms with van der Waals surface area (Å²) in [6.45, 7) is 0. The Hall–Kier alpha value is -2.87. The van der Waals surface area contributed by atoms with E-state index in [2.05, 4.69) is 0 Å². The number of fused-ring (bicyclic) bond motifs is 3. The van der Waals surface area contributed by atoms with Crippen LogP contribution in [0.5, 0.6) is 5.75 Å². The lowest BCUT2D eigenvalue weighted by Gasteiger charge is -2.48. The molecule has 2 saturated carbocycles. The summed E-state index contributed by atoms with van der Waals surface area (Å²) < 4.78 is 0. The third kappa shape index (κ3) is 2.16. The van der Waals surface area contributed by atoms with E-state index in [1.165, 1.54) is 6.07 Å². The second-order valence-electron chi connectivity index (χ2n) is 7.55. The molecule has 140 valence electrons. The first-order valence-electron chi connectivity index (χ1n) is 8.66. The molecule has 0 saturated heterocycles. The highest BCUT2D eigenvalue weighted by molar-refractivity contribution is 6.31. The molecule has 8 heteroatoms. The van der Waals surface area contributed by atoms with Crippen molar-refractivity contribution in [3.8, 4) is 5.75 Å². The third-order valence-electron chi connectivity index (χ3n) is 6.14. The summed E-state index contributed by atoms with van der Waals surface area (Å²) in [5.41, 5.74) is 3.12. The van der Waals surface area contributed by atoms with Crippen LogP contribution in [0.1, 0.15) is 28.8 Å². The van der Waals surface area contributed by atoms with Crippen molar-refractivity contribution in [1.82, 2.24) is 0 Å². The zero-order chi connectivity index (χ0) is 19.7. The number of hydrogen-bond donors (Lipinski definition) is 3. The minimum absolute atomic E-state index is 0.0138. The number of aliphatic hydroxyl groups is 1. The molecule has 27 heavy (non-hydrogen) atoms. The van der Waals surface area contributed by atoms with Crippen LogP contribution in [0.4, 0.5) is 0 Å². The fourth-order valence-electron chi connectivity index (χ4n) is 4.91. The molecule has 0 aliphatic heterocycles. The van der Waals surface area contributed by atoms with E-state index in [1.54, 1.807) is 12.1 Å². The van der Waals surface area contributed by atoms with Crippen LogP contribution in [0.25, 0.3) is 0 Å². The zero-order valence-corrected chi connectivity index (χ0v) is 14.2. The highest BCUT2D eigenvalue weighted by atomic mass is 16.3. The van der Waals surface area contributed by atoms with Crippen LogP contribution in [0.3, 0.4) is 0 Å². The maximum Gasteiger partial charge on any atom is 0.235 e. The summed E-state index contributed by atoms with van der Waals surface area (Å²) in [5.74, 6) is -9.78. The number of aromatic hydroxyl groups is 1. The lowest BCUT2D eigenvalue weighted by Crippen LogP contribution is -2.68. The van der Waals surface area contributed by atoms with Crippen molar-refractivity contribution in [2.75, 3.05) is 0 Å². The predicted molar refractivity (Wildman–Crippen MR) is 88.5 cm³/mol. The summed E-state index contributed by atoms with van der Waals surface area (Å²) in [4.78, 5) is 62.4. The van der Waals surface area contributed by atoms with Crippen LogP contribution in [0, 0.1) is 23.7 Å². The van der Waals surface area contributed by atoms with Crippen LogP contribution in [-0.2, 0) is 25.6 Å². The molecule has 5 atom stereocenters. The minimum atomic E-state index is -2.59. The van der Waals surface area contributed by atoms with Gasteiger partial charge in [-0.05, 0) is 30.4 Å². The van der Waals surface area contributed by atoms with Gasteiger partial charge in [0.2, 0.25) is 5.91 Å². The number of carbonyl (C=O) groups excluding carboxylic acids is 5. The molecule has 0 bridgehead atoms. The third-order valence-corrected chi connectivity index (χ3v) is 6.14. The van der Waals surface area contributed by atoms with Crippen molar-refractivity contribution < 1.29 is 34.2 Å². The topological polar surface area (TPSA) is 152 Å². The van der Waals surface area contributed by atoms with Gasteiger partial charge in [-0.3, -0.25) is 24.0 Å². The molecule has 8 nitrogen and oxygen atoms in total. The van der Waals surface area contributed by atoms with Gasteiger partial charge in [0, 0.05) is 12.3 Å². The maximum absolute atomic E-state index is 13.1. The van der Waals surface area contributed by atoms with Crippen molar-refractivity contribution in [2.24, 2.45) is 29.4 Å². The summed E-state index contributed by atoms with van der Waals surface area (Å²) in [7, 11) is 0. The van der Waals surface area contributed by atoms with Gasteiger partial charge in [0.25, 0.3) is 0 Å². The molecule has 2 fully saturated rings. The molecular formula is C19H17NO7. The second kappa shape index (κ2) is 5.56. The number of Topliss-reactive ketones (excluding diaryl/α,β-unsaturated/α-hetero) is 4. The zero-order valence-electron chi connectivity index (χ0n) is 14.2. The number of hydrogen-bond acceptors (Lipinski definition) is 7. The molecule has 0 heterocycles. The Bertz CT molecular complexity index is 936. The number of carbonyl (C=O) groups is 5. The molecule has 0 spiro atoms. The van der Waals surface area contributed by atoms with Gasteiger partial charge < -0.3 is 15.9 Å². The molecule has 4 rings (SSSR count). The molecule has 3 aliphatic rings. The SMILES string of the molecule is NC(=O)C1C(=O)C[C@@H]2CC3Cc4cccc(O)c4C(=O)C3C(=O)[C@]2(O)C1=O.